The summed E-state index contributed by atoms with van der Waals surface area (Å²) in [6, 6.07) is 14.1. The maximum atomic E-state index is 13.1. The van der Waals surface area contributed by atoms with Crippen LogP contribution in [0.25, 0.3) is 11.3 Å². The van der Waals surface area contributed by atoms with E-state index >= 15 is 0 Å². The molecule has 0 unspecified atom stereocenters. The summed E-state index contributed by atoms with van der Waals surface area (Å²) < 4.78 is 18.5. The van der Waals surface area contributed by atoms with Gasteiger partial charge in [-0.15, -0.1) is 11.3 Å². The summed E-state index contributed by atoms with van der Waals surface area (Å²) in [5.74, 6) is 0.499. The normalized spacial score (nSPS) is 14.5. The molecule has 1 saturated heterocycles. The monoisotopic (exact) mass is 426 g/mol. The summed E-state index contributed by atoms with van der Waals surface area (Å²) in [6.45, 7) is 3.58. The number of ether oxygens (including phenoxy) is 1. The average Bonchev–Trinajstić information content (AvgIpc) is 3.23. The number of aromatic nitrogens is 1. The molecule has 2 aromatic carbocycles. The zero-order chi connectivity index (χ0) is 20.9. The fourth-order valence-corrected chi connectivity index (χ4v) is 4.22. The fraction of sp³-hybridized carbons (Fsp3) is 0.273. The third kappa shape index (κ3) is 4.77. The topological polar surface area (TPSA) is 57.7 Å². The predicted octanol–water partition coefficient (Wildman–Crippen LogP) is 3.72. The van der Waals surface area contributed by atoms with E-state index in [0.29, 0.717) is 11.7 Å². The lowest BCUT2D eigenvalue weighted by molar-refractivity contribution is -0.117. The maximum absolute atomic E-state index is 13.1. The van der Waals surface area contributed by atoms with E-state index in [1.54, 1.807) is 19.2 Å². The van der Waals surface area contributed by atoms with Gasteiger partial charge < -0.3 is 15.0 Å². The van der Waals surface area contributed by atoms with E-state index in [9.17, 15) is 9.18 Å². The van der Waals surface area contributed by atoms with Gasteiger partial charge in [-0.05, 0) is 36.4 Å². The third-order valence-corrected chi connectivity index (χ3v) is 5.81. The van der Waals surface area contributed by atoms with Gasteiger partial charge in [-0.1, -0.05) is 12.1 Å². The van der Waals surface area contributed by atoms with E-state index in [1.165, 1.54) is 23.5 Å². The summed E-state index contributed by atoms with van der Waals surface area (Å²) in [5, 5.41) is 5.28. The molecule has 6 nitrogen and oxygen atoms in total. The van der Waals surface area contributed by atoms with E-state index in [0.717, 1.165) is 48.9 Å². The van der Waals surface area contributed by atoms with Crippen molar-refractivity contribution in [1.82, 2.24) is 9.88 Å². The smallest absolute Gasteiger partial charge is 0.240 e. The van der Waals surface area contributed by atoms with E-state index in [-0.39, 0.29) is 11.7 Å². The van der Waals surface area contributed by atoms with Crippen LogP contribution in [-0.2, 0) is 4.79 Å². The highest BCUT2D eigenvalue weighted by molar-refractivity contribution is 7.14. The number of halogens is 1. The lowest BCUT2D eigenvalue weighted by Gasteiger charge is -2.36. The van der Waals surface area contributed by atoms with Crippen molar-refractivity contribution < 1.29 is 13.9 Å². The van der Waals surface area contributed by atoms with Crippen molar-refractivity contribution in [2.75, 3.05) is 50.1 Å². The second-order valence-electron chi connectivity index (χ2n) is 7.03. The van der Waals surface area contributed by atoms with E-state index < -0.39 is 0 Å². The molecule has 8 heteroatoms. The molecule has 0 saturated carbocycles. The van der Waals surface area contributed by atoms with Gasteiger partial charge in [0.1, 0.15) is 11.6 Å². The van der Waals surface area contributed by atoms with Crippen LogP contribution in [0.2, 0.25) is 0 Å². The van der Waals surface area contributed by atoms with Crippen molar-refractivity contribution in [2.24, 2.45) is 0 Å². The number of carbonyl (C=O) groups is 1. The van der Waals surface area contributed by atoms with Crippen molar-refractivity contribution in [3.8, 4) is 17.0 Å². The fourth-order valence-electron chi connectivity index (χ4n) is 3.48. The molecule has 0 radical (unpaired) electrons. The van der Waals surface area contributed by atoms with Gasteiger partial charge in [0.25, 0.3) is 0 Å². The Bertz CT molecular complexity index is 1000. The molecule has 0 bridgehead atoms. The molecule has 2 heterocycles. The molecule has 0 spiro atoms. The first-order chi connectivity index (χ1) is 14.6. The minimum absolute atomic E-state index is 0.0826. The number of amides is 1. The first-order valence-corrected chi connectivity index (χ1v) is 10.6. The molecular formula is C22H23FN4O2S. The Morgan fingerprint density at radius 3 is 2.60 bits per heavy atom. The van der Waals surface area contributed by atoms with Crippen LogP contribution in [0.4, 0.5) is 15.2 Å². The summed E-state index contributed by atoms with van der Waals surface area (Å²) in [6.07, 6.45) is 0. The van der Waals surface area contributed by atoms with Crippen molar-refractivity contribution in [2.45, 2.75) is 0 Å². The molecule has 156 valence electrons. The summed E-state index contributed by atoms with van der Waals surface area (Å²) >= 11 is 1.36. The molecule has 1 aromatic heterocycles. The van der Waals surface area contributed by atoms with Gasteiger partial charge in [0.05, 0.1) is 25.0 Å². The minimum Gasteiger partial charge on any atom is -0.495 e. The molecular weight excluding hydrogens is 403 g/mol. The van der Waals surface area contributed by atoms with Gasteiger partial charge in [-0.2, -0.15) is 0 Å². The van der Waals surface area contributed by atoms with Gasteiger partial charge in [0, 0.05) is 37.1 Å². The number of rotatable bonds is 6. The van der Waals surface area contributed by atoms with Crippen LogP contribution < -0.4 is 15.0 Å². The zero-order valence-electron chi connectivity index (χ0n) is 16.7. The molecule has 1 aliphatic rings. The quantitative estimate of drug-likeness (QED) is 0.651. The number of hydrogen-bond donors (Lipinski definition) is 1. The van der Waals surface area contributed by atoms with E-state index in [1.807, 2.05) is 23.6 Å². The number of carbonyl (C=O) groups excluding carboxylic acids is 1. The Hall–Kier alpha value is -2.97. The van der Waals surface area contributed by atoms with Crippen LogP contribution in [0.3, 0.4) is 0 Å². The van der Waals surface area contributed by atoms with Gasteiger partial charge >= 0.3 is 0 Å². The van der Waals surface area contributed by atoms with E-state index in [2.05, 4.69) is 26.2 Å². The molecule has 1 aliphatic heterocycles. The minimum atomic E-state index is -0.284. The van der Waals surface area contributed by atoms with Gasteiger partial charge in [-0.3, -0.25) is 9.69 Å². The van der Waals surface area contributed by atoms with Gasteiger partial charge in [-0.25, -0.2) is 9.37 Å². The Balaban J connectivity index is 1.29. The number of thiazole rings is 1. The van der Waals surface area contributed by atoms with E-state index in [4.69, 9.17) is 4.74 Å². The Labute approximate surface area is 178 Å². The van der Waals surface area contributed by atoms with Crippen LogP contribution in [0.15, 0.2) is 53.9 Å². The first-order valence-electron chi connectivity index (χ1n) is 9.74. The summed E-state index contributed by atoms with van der Waals surface area (Å²) in [5.41, 5.74) is 2.63. The Kier molecular flexibility index (Phi) is 6.25. The molecule has 0 atom stereocenters. The molecule has 0 aliphatic carbocycles. The Morgan fingerprint density at radius 1 is 1.13 bits per heavy atom. The molecule has 1 fully saturated rings. The zero-order valence-corrected chi connectivity index (χ0v) is 17.5. The molecule has 1 N–H and O–H groups in total. The van der Waals surface area contributed by atoms with Crippen LogP contribution >= 0.6 is 11.3 Å². The van der Waals surface area contributed by atoms with Crippen LogP contribution in [0, 0.1) is 5.82 Å². The maximum Gasteiger partial charge on any atom is 0.240 e. The number of anilines is 2. The molecule has 3 aromatic rings. The largest absolute Gasteiger partial charge is 0.495 e. The highest BCUT2D eigenvalue weighted by Gasteiger charge is 2.21. The third-order valence-electron chi connectivity index (χ3n) is 5.06. The lowest BCUT2D eigenvalue weighted by Crippen LogP contribution is -2.48. The van der Waals surface area contributed by atoms with Crippen molar-refractivity contribution >= 4 is 28.1 Å². The number of nitrogens with zero attached hydrogens (tertiary/aromatic N) is 3. The first kappa shape index (κ1) is 20.3. The van der Waals surface area contributed by atoms with Crippen LogP contribution in [-0.4, -0.2) is 55.6 Å². The molecule has 4 rings (SSSR count). The SMILES string of the molecule is COc1ccccc1N1CCN(CC(=O)Nc2nc(-c3ccc(F)cc3)cs2)CC1. The van der Waals surface area contributed by atoms with Gasteiger partial charge in [0.15, 0.2) is 5.13 Å². The number of methoxy groups -OCH3 is 1. The van der Waals surface area contributed by atoms with Gasteiger partial charge in [0.2, 0.25) is 5.91 Å². The molecule has 30 heavy (non-hydrogen) atoms. The second-order valence-corrected chi connectivity index (χ2v) is 7.89. The van der Waals surface area contributed by atoms with Crippen molar-refractivity contribution in [1.29, 1.82) is 0 Å². The number of piperazine rings is 1. The highest BCUT2D eigenvalue weighted by atomic mass is 32.1. The summed E-state index contributed by atoms with van der Waals surface area (Å²) in [7, 11) is 1.68. The van der Waals surface area contributed by atoms with Crippen LogP contribution in [0.1, 0.15) is 0 Å². The number of benzene rings is 2. The summed E-state index contributed by atoms with van der Waals surface area (Å²) in [4.78, 5) is 21.3. The predicted molar refractivity (Wildman–Crippen MR) is 118 cm³/mol. The Morgan fingerprint density at radius 2 is 1.87 bits per heavy atom. The highest BCUT2D eigenvalue weighted by Crippen LogP contribution is 2.28. The van der Waals surface area contributed by atoms with Crippen LogP contribution in [0.5, 0.6) is 5.75 Å². The lowest BCUT2D eigenvalue weighted by atomic mass is 10.2. The number of nitrogens with one attached hydrogen (secondary N) is 1. The second kappa shape index (κ2) is 9.23. The standard InChI is InChI=1S/C22H23FN4O2S/c1-29-20-5-3-2-4-19(20)27-12-10-26(11-13-27)14-21(28)25-22-24-18(15-30-22)16-6-8-17(23)9-7-16/h2-9,15H,10-14H2,1H3,(H,24,25,28). The average molecular weight is 427 g/mol. The number of para-hydroxylation sites is 2. The van der Waals surface area contributed by atoms with Crippen molar-refractivity contribution in [3.05, 3.63) is 59.7 Å². The van der Waals surface area contributed by atoms with Crippen molar-refractivity contribution in [3.63, 3.8) is 0 Å². The molecule has 1 amide bonds. The number of hydrogen-bond acceptors (Lipinski definition) is 6.